The topological polar surface area (TPSA) is 67.5 Å². The zero-order valence-corrected chi connectivity index (χ0v) is 17.1. The van der Waals surface area contributed by atoms with Gasteiger partial charge in [-0.05, 0) is 31.2 Å². The number of carbonyl (C=O) groups is 1. The second-order valence-electron chi connectivity index (χ2n) is 5.31. The van der Waals surface area contributed by atoms with Crippen LogP contribution in [0.5, 0.6) is 0 Å². The maximum absolute atomic E-state index is 14.3. The summed E-state index contributed by atoms with van der Waals surface area (Å²) in [5.74, 6) is -0.267. The fraction of sp³-hybridized carbons (Fsp3) is 0.333. The van der Waals surface area contributed by atoms with Crippen LogP contribution in [0.1, 0.15) is 13.8 Å². The van der Waals surface area contributed by atoms with E-state index < -0.39 is 6.17 Å². The average molecular weight is 416 g/mol. The molecule has 0 radical (unpaired) electrons. The van der Waals surface area contributed by atoms with Gasteiger partial charge < -0.3 is 11.1 Å². The van der Waals surface area contributed by atoms with Crippen LogP contribution >= 0.6 is 35.1 Å². The van der Waals surface area contributed by atoms with Gasteiger partial charge in [0.15, 0.2) is 5.17 Å². The van der Waals surface area contributed by atoms with E-state index in [9.17, 15) is 9.18 Å². The Morgan fingerprint density at radius 2 is 2.12 bits per heavy atom. The van der Waals surface area contributed by atoms with Crippen molar-refractivity contribution < 1.29 is 9.18 Å². The summed E-state index contributed by atoms with van der Waals surface area (Å²) in [6.07, 6.45) is 2.02. The maximum Gasteiger partial charge on any atom is 0.227 e. The highest BCUT2D eigenvalue weighted by Crippen LogP contribution is 2.25. The monoisotopic (exact) mass is 415 g/mol. The Morgan fingerprint density at radius 3 is 2.65 bits per heavy atom. The first kappa shape index (κ1) is 22.6. The molecule has 0 heterocycles. The molecule has 0 fully saturated rings. The molecule has 0 saturated heterocycles. The van der Waals surface area contributed by atoms with Crippen molar-refractivity contribution in [3.8, 4) is 0 Å². The summed E-state index contributed by atoms with van der Waals surface area (Å²) in [6, 6.07) is 7.46. The number of benzene rings is 1. The first-order valence-corrected chi connectivity index (χ1v) is 10.3. The van der Waals surface area contributed by atoms with Gasteiger partial charge in [-0.2, -0.15) is 0 Å². The van der Waals surface area contributed by atoms with Gasteiger partial charge in [0.25, 0.3) is 0 Å². The number of rotatable bonds is 9. The summed E-state index contributed by atoms with van der Waals surface area (Å²) in [4.78, 5) is 15.9. The van der Waals surface area contributed by atoms with E-state index in [1.54, 1.807) is 19.9 Å². The fourth-order valence-corrected chi connectivity index (χ4v) is 3.56. The molecule has 0 aliphatic heterocycles. The molecule has 26 heavy (non-hydrogen) atoms. The van der Waals surface area contributed by atoms with Crippen LogP contribution in [0.3, 0.4) is 0 Å². The number of nitrogens with one attached hydrogen (secondary N) is 1. The molecule has 0 saturated carbocycles. The van der Waals surface area contributed by atoms with Crippen LogP contribution in [0.4, 0.5) is 10.1 Å². The van der Waals surface area contributed by atoms with Gasteiger partial charge in [-0.15, -0.1) is 11.8 Å². The molecule has 8 heteroatoms. The Morgan fingerprint density at radius 1 is 1.46 bits per heavy atom. The summed E-state index contributed by atoms with van der Waals surface area (Å²) in [6.45, 7) is 7.13. The first-order valence-electron chi connectivity index (χ1n) is 7.92. The normalized spacial score (nSPS) is 14.6. The van der Waals surface area contributed by atoms with Gasteiger partial charge in [-0.25, -0.2) is 9.38 Å². The Balaban J connectivity index is 2.64. The number of anilines is 1. The molecule has 0 aliphatic carbocycles. The summed E-state index contributed by atoms with van der Waals surface area (Å²) in [5, 5.41) is 4.19. The van der Waals surface area contributed by atoms with E-state index in [2.05, 4.69) is 16.9 Å². The van der Waals surface area contributed by atoms with E-state index in [0.29, 0.717) is 10.2 Å². The van der Waals surface area contributed by atoms with Crippen molar-refractivity contribution in [3.05, 3.63) is 48.2 Å². The zero-order valence-electron chi connectivity index (χ0n) is 14.7. The van der Waals surface area contributed by atoms with E-state index in [1.807, 2.05) is 24.3 Å². The molecule has 1 rings (SSSR count). The van der Waals surface area contributed by atoms with Crippen molar-refractivity contribution in [1.82, 2.24) is 0 Å². The second kappa shape index (κ2) is 12.0. The van der Waals surface area contributed by atoms with E-state index in [1.165, 1.54) is 29.7 Å². The highest BCUT2D eigenvalue weighted by molar-refractivity contribution is 8.14. The molecule has 4 nitrogen and oxygen atoms in total. The lowest BCUT2D eigenvalue weighted by molar-refractivity contribution is -0.115. The molecule has 142 valence electrons. The molecular formula is C18H23ClFN3OS2. The number of amides is 1. The van der Waals surface area contributed by atoms with Crippen LogP contribution in [0.15, 0.2) is 58.0 Å². The third-order valence-electron chi connectivity index (χ3n) is 3.33. The maximum atomic E-state index is 14.3. The van der Waals surface area contributed by atoms with Crippen LogP contribution in [0.2, 0.25) is 0 Å². The van der Waals surface area contributed by atoms with Crippen LogP contribution < -0.4 is 11.1 Å². The van der Waals surface area contributed by atoms with Gasteiger partial charge in [0, 0.05) is 33.5 Å². The number of nitrogens with zero attached hydrogens (tertiary/aromatic N) is 1. The molecule has 1 aromatic rings. The molecular weight excluding hydrogens is 393 g/mol. The number of nitrogens with two attached hydrogens (primary N) is 1. The predicted octanol–water partition coefficient (Wildman–Crippen LogP) is 5.03. The van der Waals surface area contributed by atoms with Crippen molar-refractivity contribution in [2.45, 2.75) is 24.9 Å². The van der Waals surface area contributed by atoms with Gasteiger partial charge in [-0.1, -0.05) is 42.9 Å². The Labute approximate surface area is 167 Å². The SMILES string of the molecule is C=CN=C(Nc1ccc(SCC(N)=O)cc1)SCC(F)C(C)/C(Cl)=C\C. The molecule has 0 aliphatic rings. The molecule has 0 aromatic heterocycles. The van der Waals surface area contributed by atoms with Crippen molar-refractivity contribution >= 4 is 51.9 Å². The van der Waals surface area contributed by atoms with E-state index in [-0.39, 0.29) is 23.3 Å². The van der Waals surface area contributed by atoms with Crippen molar-refractivity contribution in [2.75, 3.05) is 16.8 Å². The first-order chi connectivity index (χ1) is 12.4. The van der Waals surface area contributed by atoms with Crippen LogP contribution in [-0.2, 0) is 4.79 Å². The van der Waals surface area contributed by atoms with Crippen molar-refractivity contribution in [2.24, 2.45) is 16.6 Å². The molecule has 1 amide bonds. The van der Waals surface area contributed by atoms with Crippen LogP contribution in [0, 0.1) is 5.92 Å². The highest BCUT2D eigenvalue weighted by atomic mass is 35.5. The van der Waals surface area contributed by atoms with Gasteiger partial charge in [0.05, 0.1) is 5.75 Å². The summed E-state index contributed by atoms with van der Waals surface area (Å²) >= 11 is 8.63. The Bertz CT molecular complexity index is 665. The number of alkyl halides is 1. The van der Waals surface area contributed by atoms with Crippen LogP contribution in [-0.4, -0.2) is 28.8 Å². The number of thioether (sulfide) groups is 2. The van der Waals surface area contributed by atoms with E-state index in [0.717, 1.165) is 10.6 Å². The van der Waals surface area contributed by atoms with Crippen molar-refractivity contribution in [1.29, 1.82) is 0 Å². The lowest BCUT2D eigenvalue weighted by Crippen LogP contribution is -2.18. The van der Waals surface area contributed by atoms with Gasteiger partial charge >= 0.3 is 0 Å². The fourth-order valence-electron chi connectivity index (χ4n) is 1.84. The number of aliphatic imine (C=N–C) groups is 1. The van der Waals surface area contributed by atoms with E-state index >= 15 is 0 Å². The van der Waals surface area contributed by atoms with Gasteiger partial charge in [0.2, 0.25) is 5.91 Å². The number of hydrogen-bond acceptors (Lipinski definition) is 4. The number of halogens is 2. The van der Waals surface area contributed by atoms with Crippen LogP contribution in [0.25, 0.3) is 0 Å². The number of allylic oxidation sites excluding steroid dienone is 2. The number of carbonyl (C=O) groups excluding carboxylic acids is 1. The van der Waals surface area contributed by atoms with E-state index in [4.69, 9.17) is 17.3 Å². The zero-order chi connectivity index (χ0) is 19.5. The van der Waals surface area contributed by atoms with Crippen molar-refractivity contribution in [3.63, 3.8) is 0 Å². The molecule has 3 N–H and O–H groups in total. The summed E-state index contributed by atoms with van der Waals surface area (Å²) < 4.78 is 14.3. The largest absolute Gasteiger partial charge is 0.369 e. The standard InChI is InChI=1S/C18H23ClFN3OS2/c1-4-15(19)12(3)16(20)10-26-18(22-5-2)23-13-6-8-14(9-7-13)25-11-17(21)24/h4-9,12,16H,2,10-11H2,1,3H3,(H2,21,24)(H,22,23)/b15-4+. The Hall–Kier alpha value is -1.44. The number of amidine groups is 1. The Kier molecular flexibility index (Phi) is 10.5. The summed E-state index contributed by atoms with van der Waals surface area (Å²) in [5.41, 5.74) is 5.94. The molecule has 2 atom stereocenters. The quantitative estimate of drug-likeness (QED) is 0.337. The molecule has 0 spiro atoms. The molecule has 0 bridgehead atoms. The minimum Gasteiger partial charge on any atom is -0.369 e. The minimum atomic E-state index is -1.09. The summed E-state index contributed by atoms with van der Waals surface area (Å²) in [7, 11) is 0. The van der Waals surface area contributed by atoms with Gasteiger partial charge in [-0.3, -0.25) is 4.79 Å². The average Bonchev–Trinajstić information content (AvgIpc) is 2.64. The lowest BCUT2D eigenvalue weighted by Gasteiger charge is -2.16. The second-order valence-corrected chi connectivity index (χ2v) is 7.80. The lowest BCUT2D eigenvalue weighted by atomic mass is 10.1. The third kappa shape index (κ3) is 8.29. The highest BCUT2D eigenvalue weighted by Gasteiger charge is 2.20. The molecule has 2 unspecified atom stereocenters. The predicted molar refractivity (Wildman–Crippen MR) is 114 cm³/mol. The molecule has 1 aromatic carbocycles. The van der Waals surface area contributed by atoms with Gasteiger partial charge in [0.1, 0.15) is 6.17 Å². The smallest absolute Gasteiger partial charge is 0.227 e. The third-order valence-corrected chi connectivity index (χ3v) is 5.89. The number of hydrogen-bond donors (Lipinski definition) is 2. The number of primary amides is 1. The minimum absolute atomic E-state index is 0.220.